The van der Waals surface area contributed by atoms with Crippen LogP contribution >= 0.6 is 13.9 Å². The maximum absolute atomic E-state index is 13.8. The van der Waals surface area contributed by atoms with E-state index in [9.17, 15) is 26.3 Å². The minimum atomic E-state index is -4.45. The molecule has 0 radical (unpaired) electrons. The van der Waals surface area contributed by atoms with Crippen LogP contribution in [0.4, 0.5) is 26.3 Å². The second-order valence-corrected chi connectivity index (χ2v) is 27.4. The molecule has 0 N–H and O–H groups in total. The predicted octanol–water partition coefficient (Wildman–Crippen LogP) is 11.8. The van der Waals surface area contributed by atoms with Crippen LogP contribution in [0.15, 0.2) is 48.5 Å². The van der Waals surface area contributed by atoms with E-state index in [-0.39, 0.29) is 21.6 Å². The molecule has 0 heterocycles. The Morgan fingerprint density at radius 1 is 0.548 bits per heavy atom. The molecule has 2 rings (SSSR count). The van der Waals surface area contributed by atoms with E-state index in [4.69, 9.17) is 0 Å². The number of benzene rings is 2. The molecule has 0 aliphatic heterocycles. The van der Waals surface area contributed by atoms with Crippen molar-refractivity contribution in [3.05, 3.63) is 59.7 Å². The number of halogens is 6. The summed E-state index contributed by atoms with van der Waals surface area (Å²) in [7, 11) is 0. The second-order valence-electron chi connectivity index (χ2n) is 13.6. The summed E-state index contributed by atoms with van der Waals surface area (Å²) in [5, 5.41) is 1.54. The molecule has 0 bridgehead atoms. The molecule has 0 amide bonds. The van der Waals surface area contributed by atoms with Gasteiger partial charge in [0.2, 0.25) is 0 Å². The summed E-state index contributed by atoms with van der Waals surface area (Å²) < 4.78 is 83.0. The van der Waals surface area contributed by atoms with Crippen molar-refractivity contribution in [3.8, 4) is 0 Å². The summed E-state index contributed by atoms with van der Waals surface area (Å²) in [4.78, 5) is 0. The molecule has 0 fully saturated rings. The fraction of sp³-hybridized carbons (Fsp3) is 0.647. The van der Waals surface area contributed by atoms with Gasteiger partial charge in [0.1, 0.15) is 0 Å². The van der Waals surface area contributed by atoms with Crippen LogP contribution in [0, 0.1) is 0 Å². The van der Waals surface area contributed by atoms with Crippen molar-refractivity contribution in [2.75, 3.05) is 0 Å². The average molecular weight is 639 g/mol. The Kier molecular flexibility index (Phi) is 11.9. The molecule has 242 valence electrons. The van der Waals surface area contributed by atoms with E-state index in [1.807, 2.05) is 0 Å². The summed E-state index contributed by atoms with van der Waals surface area (Å²) in [5.41, 5.74) is -0.896. The summed E-state index contributed by atoms with van der Waals surface area (Å²) in [6, 6.07) is 12.0. The number of rotatable bonds is 13. The van der Waals surface area contributed by atoms with Crippen LogP contribution in [-0.4, -0.2) is 21.6 Å². The first-order chi connectivity index (χ1) is 19.3. The second kappa shape index (κ2) is 13.5. The van der Waals surface area contributed by atoms with Crippen molar-refractivity contribution in [2.45, 2.75) is 142 Å². The Hall–Kier alpha value is -1.12. The van der Waals surface area contributed by atoms with Crippen LogP contribution in [-0.2, 0) is 12.4 Å². The zero-order valence-electron chi connectivity index (χ0n) is 27.3. The van der Waals surface area contributed by atoms with E-state index in [0.29, 0.717) is 0 Å². The first-order valence-electron chi connectivity index (χ1n) is 15.6. The van der Waals surface area contributed by atoms with Gasteiger partial charge in [-0.1, -0.05) is 0 Å². The molecule has 0 saturated heterocycles. The van der Waals surface area contributed by atoms with Crippen LogP contribution in [0.1, 0.15) is 119 Å². The van der Waals surface area contributed by atoms with Crippen molar-refractivity contribution >= 4 is 24.5 Å². The minimum absolute atomic E-state index is 0.214. The molecular weight excluding hydrogens is 584 g/mol. The molecule has 0 spiro atoms. The van der Waals surface area contributed by atoms with Gasteiger partial charge in [0.25, 0.3) is 0 Å². The van der Waals surface area contributed by atoms with Gasteiger partial charge in [-0.15, -0.1) is 0 Å². The Bertz CT molecular complexity index is 1100. The Morgan fingerprint density at radius 3 is 1.12 bits per heavy atom. The average Bonchev–Trinajstić information content (AvgIpc) is 2.90. The van der Waals surface area contributed by atoms with E-state index >= 15 is 0 Å². The molecule has 2 aromatic rings. The van der Waals surface area contributed by atoms with Gasteiger partial charge in [-0.3, -0.25) is 0 Å². The molecule has 0 aliphatic carbocycles. The first-order valence-corrected chi connectivity index (χ1v) is 20.8. The van der Waals surface area contributed by atoms with Gasteiger partial charge in [-0.05, 0) is 0 Å². The van der Waals surface area contributed by atoms with E-state index in [1.165, 1.54) is 24.3 Å². The van der Waals surface area contributed by atoms with Crippen molar-refractivity contribution in [2.24, 2.45) is 0 Å². The van der Waals surface area contributed by atoms with Gasteiger partial charge in [-0.25, -0.2) is 0 Å². The molecule has 0 aliphatic rings. The monoisotopic (exact) mass is 638 g/mol. The fourth-order valence-electron chi connectivity index (χ4n) is 8.76. The van der Waals surface area contributed by atoms with Crippen LogP contribution in [0.3, 0.4) is 0 Å². The number of alkyl halides is 6. The molecule has 8 heteroatoms. The van der Waals surface area contributed by atoms with E-state index in [2.05, 4.69) is 69.2 Å². The summed E-state index contributed by atoms with van der Waals surface area (Å²) in [6.07, 6.45) is -3.51. The SMILES string of the molecule is CCCC(C)[PH](c1ccc(C(F)(F)F)cc1)(C(C)CCC)[PH](c1ccc(C(F)(F)F)cc1)(C(C)(C)CC)C(C)(C)CC. The van der Waals surface area contributed by atoms with E-state index in [0.717, 1.165) is 49.1 Å². The Balaban J connectivity index is 3.36. The van der Waals surface area contributed by atoms with Gasteiger partial charge in [0.15, 0.2) is 0 Å². The Morgan fingerprint density at radius 2 is 0.857 bits per heavy atom. The molecule has 0 aromatic heterocycles. The maximum atomic E-state index is 13.8. The molecular formula is C34H54F6P2. The molecule has 0 saturated carbocycles. The zero-order valence-corrected chi connectivity index (χ0v) is 29.3. The number of hydrogen-bond donors (Lipinski definition) is 0. The van der Waals surface area contributed by atoms with Crippen molar-refractivity contribution in [3.63, 3.8) is 0 Å². The summed E-state index contributed by atoms with van der Waals surface area (Å²) in [6.45, 7) is 16.6. The normalized spacial score (nSPS) is 16.3. The van der Waals surface area contributed by atoms with Gasteiger partial charge in [-0.2, -0.15) is 0 Å². The third-order valence-corrected chi connectivity index (χ3v) is 35.4. The standard InChI is InChI=1S/C34H54F6P2/c1-11-15-25(5)41(26(6)16-12-2,29-21-17-27(18-22-29)33(35,36)37)42(31(7,8)13-3,32(9,10)14-4)30-23-19-28(20-24-30)34(38,39)40/h17-26,41-42H,11-16H2,1-10H3. The van der Waals surface area contributed by atoms with E-state index < -0.39 is 37.4 Å². The Labute approximate surface area is 252 Å². The third-order valence-electron chi connectivity index (χ3n) is 10.8. The molecule has 0 nitrogen and oxygen atoms in total. The molecule has 2 aromatic carbocycles. The summed E-state index contributed by atoms with van der Waals surface area (Å²) >= 11 is 0. The van der Waals surface area contributed by atoms with Gasteiger partial charge in [0, 0.05) is 0 Å². The zero-order chi connectivity index (χ0) is 32.4. The predicted molar refractivity (Wildman–Crippen MR) is 176 cm³/mol. The van der Waals surface area contributed by atoms with Gasteiger partial charge in [0.05, 0.1) is 0 Å². The number of hydrogen-bond acceptors (Lipinski definition) is 0. The fourth-order valence-corrected chi connectivity index (χ4v) is 39.6. The van der Waals surface area contributed by atoms with Crippen molar-refractivity contribution in [1.29, 1.82) is 0 Å². The van der Waals surface area contributed by atoms with Gasteiger partial charge >= 0.3 is 252 Å². The molecule has 2 atom stereocenters. The van der Waals surface area contributed by atoms with E-state index in [1.54, 1.807) is 24.3 Å². The van der Waals surface area contributed by atoms with Crippen molar-refractivity contribution < 1.29 is 26.3 Å². The first kappa shape index (κ1) is 37.1. The molecule has 2 unspecified atom stereocenters. The van der Waals surface area contributed by atoms with Gasteiger partial charge < -0.3 is 0 Å². The summed E-state index contributed by atoms with van der Waals surface area (Å²) in [5.74, 6) is 0. The van der Waals surface area contributed by atoms with Crippen LogP contribution in [0.25, 0.3) is 0 Å². The van der Waals surface area contributed by atoms with Crippen LogP contribution in [0.2, 0.25) is 0 Å². The quantitative estimate of drug-likeness (QED) is 0.151. The third kappa shape index (κ3) is 6.33. The van der Waals surface area contributed by atoms with Crippen LogP contribution < -0.4 is 10.6 Å². The van der Waals surface area contributed by atoms with Crippen LogP contribution in [0.5, 0.6) is 0 Å². The topological polar surface area (TPSA) is 0 Å². The van der Waals surface area contributed by atoms with Crippen molar-refractivity contribution in [1.82, 2.24) is 0 Å². The molecule has 42 heavy (non-hydrogen) atoms.